The Hall–Kier alpha value is -5.89. The zero-order valence-corrected chi connectivity index (χ0v) is 26.1. The smallest absolute Gasteiger partial charge is 0.328 e. The molecule has 8 nitrogen and oxygen atoms in total. The lowest BCUT2D eigenvalue weighted by atomic mass is 10.00. The largest absolute Gasteiger partial charge is 0.494 e. The number of nitrogens with zero attached hydrogens (tertiary/aromatic N) is 1. The third-order valence-electron chi connectivity index (χ3n) is 7.45. The Morgan fingerprint density at radius 2 is 1.53 bits per heavy atom. The number of hydrogen-bond donors (Lipinski definition) is 1. The number of hydrogen-bond acceptors (Lipinski definition) is 7. The number of amides is 1. The van der Waals surface area contributed by atoms with Gasteiger partial charge in [0, 0.05) is 41.5 Å². The molecule has 5 rings (SSSR count). The third-order valence-corrected chi connectivity index (χ3v) is 7.45. The summed E-state index contributed by atoms with van der Waals surface area (Å²) < 4.78 is 16.4. The van der Waals surface area contributed by atoms with Crippen LogP contribution < -0.4 is 15.0 Å². The highest BCUT2D eigenvalue weighted by molar-refractivity contribution is 6.12. The molecule has 8 heteroatoms. The summed E-state index contributed by atoms with van der Waals surface area (Å²) in [6.07, 6.45) is 5.65. The third kappa shape index (κ3) is 9.08. The molecule has 0 saturated carbocycles. The van der Waals surface area contributed by atoms with E-state index < -0.39 is 12.0 Å². The molecule has 238 valence electrons. The Labute approximate surface area is 274 Å². The van der Waals surface area contributed by atoms with E-state index in [1.807, 2.05) is 78.9 Å². The van der Waals surface area contributed by atoms with Gasteiger partial charge in [-0.15, -0.1) is 0 Å². The first-order chi connectivity index (χ1) is 23.0. The van der Waals surface area contributed by atoms with Crippen LogP contribution in [0.25, 0.3) is 6.08 Å². The number of benzene rings is 4. The van der Waals surface area contributed by atoms with E-state index >= 15 is 0 Å². The predicted molar refractivity (Wildman–Crippen MR) is 183 cm³/mol. The van der Waals surface area contributed by atoms with E-state index in [1.165, 1.54) is 13.2 Å². The molecule has 0 saturated heterocycles. The Kier molecular flexibility index (Phi) is 11.4. The van der Waals surface area contributed by atoms with Crippen molar-refractivity contribution in [2.45, 2.75) is 18.9 Å². The van der Waals surface area contributed by atoms with Gasteiger partial charge in [0.15, 0.2) is 5.78 Å². The van der Waals surface area contributed by atoms with E-state index in [4.69, 9.17) is 13.9 Å². The summed E-state index contributed by atoms with van der Waals surface area (Å²) in [7, 11) is 1.34. The Morgan fingerprint density at radius 1 is 0.830 bits per heavy atom. The number of anilines is 2. The molecule has 47 heavy (non-hydrogen) atoms. The average molecular weight is 629 g/mol. The van der Waals surface area contributed by atoms with Crippen molar-refractivity contribution in [1.29, 1.82) is 0 Å². The fraction of sp³-hybridized carbons (Fsp3) is 0.154. The lowest BCUT2D eigenvalue weighted by molar-refractivity contribution is -0.141. The van der Waals surface area contributed by atoms with E-state index in [0.29, 0.717) is 54.3 Å². The molecule has 1 aromatic heterocycles. The number of carbonyl (C=O) groups excluding carboxylic acids is 3. The molecule has 0 radical (unpaired) electrons. The van der Waals surface area contributed by atoms with Crippen LogP contribution >= 0.6 is 0 Å². The number of furan rings is 1. The van der Waals surface area contributed by atoms with Crippen molar-refractivity contribution < 1.29 is 28.3 Å². The summed E-state index contributed by atoms with van der Waals surface area (Å²) in [4.78, 5) is 40.7. The molecule has 0 bridgehead atoms. The fourth-order valence-electron chi connectivity index (χ4n) is 5.05. The van der Waals surface area contributed by atoms with Gasteiger partial charge >= 0.3 is 5.97 Å². The van der Waals surface area contributed by atoms with Gasteiger partial charge < -0.3 is 24.1 Å². The molecule has 1 N–H and O–H groups in total. The molecule has 0 aliphatic carbocycles. The Morgan fingerprint density at radius 3 is 2.23 bits per heavy atom. The van der Waals surface area contributed by atoms with Gasteiger partial charge in [0.05, 0.1) is 20.0 Å². The average Bonchev–Trinajstić information content (AvgIpc) is 3.65. The monoisotopic (exact) mass is 628 g/mol. The zero-order valence-electron chi connectivity index (χ0n) is 26.1. The number of esters is 1. The first-order valence-electron chi connectivity index (χ1n) is 15.3. The van der Waals surface area contributed by atoms with Crippen LogP contribution in [0, 0.1) is 0 Å². The fourth-order valence-corrected chi connectivity index (χ4v) is 5.05. The minimum absolute atomic E-state index is 0.139. The first-order valence-corrected chi connectivity index (χ1v) is 15.3. The maximum absolute atomic E-state index is 13.2. The van der Waals surface area contributed by atoms with Crippen molar-refractivity contribution in [3.05, 3.63) is 156 Å². The summed E-state index contributed by atoms with van der Waals surface area (Å²) in [6, 6.07) is 36.0. The standard InChI is InChI=1S/C39H36N2O6/c1-45-39(44)36(40-35-18-9-8-17-34(35)38(43)30-12-4-2-5-13-30)28-29-19-21-33(22-20-29)47-27-11-25-41(31-14-6-3-7-15-31)37(42)24-23-32-16-10-26-46-32/h2-10,12-24,26,36,40H,11,25,27-28H2,1H3. The number of methoxy groups -OCH3 is 1. The SMILES string of the molecule is COC(=O)C(Cc1ccc(OCCCN(C(=O)C=Cc2ccco2)c2ccccc2)cc1)Nc1ccccc1C(=O)c1ccccc1. The van der Waals surface area contributed by atoms with Crippen LogP contribution in [0.1, 0.15) is 33.7 Å². The number of para-hydroxylation sites is 2. The van der Waals surface area contributed by atoms with Gasteiger partial charge in [-0.1, -0.05) is 72.8 Å². The normalized spacial score (nSPS) is 11.5. The summed E-state index contributed by atoms with van der Waals surface area (Å²) in [5, 5.41) is 3.24. The van der Waals surface area contributed by atoms with E-state index in [9.17, 15) is 14.4 Å². The van der Waals surface area contributed by atoms with Gasteiger partial charge in [0.1, 0.15) is 17.6 Å². The summed E-state index contributed by atoms with van der Waals surface area (Å²) in [6.45, 7) is 0.862. The van der Waals surface area contributed by atoms with Crippen LogP contribution in [0.3, 0.4) is 0 Å². The van der Waals surface area contributed by atoms with Crippen molar-refractivity contribution in [3.8, 4) is 5.75 Å². The van der Waals surface area contributed by atoms with Crippen LogP contribution in [-0.4, -0.2) is 44.0 Å². The van der Waals surface area contributed by atoms with Crippen molar-refractivity contribution in [2.75, 3.05) is 30.5 Å². The molecule has 1 amide bonds. The Balaban J connectivity index is 1.18. The van der Waals surface area contributed by atoms with Crippen molar-refractivity contribution in [3.63, 3.8) is 0 Å². The lowest BCUT2D eigenvalue weighted by Crippen LogP contribution is -2.33. The van der Waals surface area contributed by atoms with E-state index in [-0.39, 0.29) is 11.7 Å². The Bertz CT molecular complexity index is 1770. The van der Waals surface area contributed by atoms with Gasteiger partial charge in [0.2, 0.25) is 0 Å². The quantitative estimate of drug-likeness (QED) is 0.0566. The topological polar surface area (TPSA) is 98.1 Å². The van der Waals surface area contributed by atoms with Crippen LogP contribution in [-0.2, 0) is 20.7 Å². The van der Waals surface area contributed by atoms with Crippen LogP contribution in [0.5, 0.6) is 5.75 Å². The second-order valence-corrected chi connectivity index (χ2v) is 10.7. The minimum Gasteiger partial charge on any atom is -0.494 e. The van der Waals surface area contributed by atoms with E-state index in [1.54, 1.807) is 59.7 Å². The van der Waals surface area contributed by atoms with Gasteiger partial charge in [-0.05, 0) is 66.6 Å². The first kappa shape index (κ1) is 32.5. The second kappa shape index (κ2) is 16.4. The molecule has 0 spiro atoms. The van der Waals surface area contributed by atoms with Crippen molar-refractivity contribution in [1.82, 2.24) is 0 Å². The summed E-state index contributed by atoms with van der Waals surface area (Å²) in [5.41, 5.74) is 3.27. The molecule has 1 atom stereocenters. The molecule has 1 unspecified atom stereocenters. The van der Waals surface area contributed by atoms with E-state index in [2.05, 4.69) is 5.32 Å². The van der Waals surface area contributed by atoms with E-state index in [0.717, 1.165) is 11.3 Å². The molecule has 4 aromatic carbocycles. The zero-order chi connectivity index (χ0) is 32.8. The van der Waals surface area contributed by atoms with Crippen LogP contribution in [0.2, 0.25) is 0 Å². The lowest BCUT2D eigenvalue weighted by Gasteiger charge is -2.21. The van der Waals surface area contributed by atoms with Gasteiger partial charge in [-0.3, -0.25) is 9.59 Å². The van der Waals surface area contributed by atoms with Gasteiger partial charge in [0.25, 0.3) is 5.91 Å². The van der Waals surface area contributed by atoms with Gasteiger partial charge in [-0.25, -0.2) is 4.79 Å². The molecule has 0 aliphatic heterocycles. The van der Waals surface area contributed by atoms with Crippen molar-refractivity contribution >= 4 is 35.1 Å². The van der Waals surface area contributed by atoms with Crippen LogP contribution in [0.15, 0.2) is 138 Å². The highest BCUT2D eigenvalue weighted by Gasteiger charge is 2.23. The molecular formula is C39H36N2O6. The van der Waals surface area contributed by atoms with Gasteiger partial charge in [-0.2, -0.15) is 0 Å². The number of ketones is 1. The number of carbonyl (C=O) groups is 3. The summed E-state index contributed by atoms with van der Waals surface area (Å²) >= 11 is 0. The maximum atomic E-state index is 13.2. The highest BCUT2D eigenvalue weighted by atomic mass is 16.5. The van der Waals surface area contributed by atoms with Crippen molar-refractivity contribution in [2.24, 2.45) is 0 Å². The van der Waals surface area contributed by atoms with Crippen LogP contribution in [0.4, 0.5) is 11.4 Å². The second-order valence-electron chi connectivity index (χ2n) is 10.7. The highest BCUT2D eigenvalue weighted by Crippen LogP contribution is 2.23. The number of nitrogens with one attached hydrogen (secondary N) is 1. The molecule has 0 fully saturated rings. The minimum atomic E-state index is -0.722. The summed E-state index contributed by atoms with van der Waals surface area (Å²) in [5.74, 6) is 0.544. The molecule has 0 aliphatic rings. The maximum Gasteiger partial charge on any atom is 0.328 e. The predicted octanol–water partition coefficient (Wildman–Crippen LogP) is 7.22. The molecular weight excluding hydrogens is 592 g/mol. The molecule has 5 aromatic rings. The molecule has 1 heterocycles. The number of ether oxygens (including phenoxy) is 2. The number of rotatable bonds is 15.